The van der Waals surface area contributed by atoms with Gasteiger partial charge in [0.1, 0.15) is 0 Å². The molecule has 0 aliphatic carbocycles. The second-order valence-electron chi connectivity index (χ2n) is 6.22. The summed E-state index contributed by atoms with van der Waals surface area (Å²) in [5.74, 6) is 0. The van der Waals surface area contributed by atoms with Crippen LogP contribution in [0.25, 0.3) is 21.9 Å². The summed E-state index contributed by atoms with van der Waals surface area (Å²) < 4.78 is 0. The average molecular weight is 452 g/mol. The number of unbranched alkanes of at least 4 members (excludes halogenated alkanes) is 1. The van der Waals surface area contributed by atoms with Crippen molar-refractivity contribution in [2.75, 3.05) is 0 Å². The van der Waals surface area contributed by atoms with E-state index in [0.717, 1.165) is 0 Å². The van der Waals surface area contributed by atoms with Crippen molar-refractivity contribution in [1.82, 2.24) is 0 Å². The van der Waals surface area contributed by atoms with Crippen molar-refractivity contribution in [2.45, 2.75) is 46.0 Å². The molecule has 0 bridgehead atoms. The number of hydrogen-bond donors (Lipinski definition) is 0. The number of hydrogen-bond acceptors (Lipinski definition) is 0. The topological polar surface area (TPSA) is 0 Å². The van der Waals surface area contributed by atoms with E-state index in [-0.39, 0.29) is 51.0 Å². The first-order valence-corrected chi connectivity index (χ1v) is 8.59. The van der Waals surface area contributed by atoms with Crippen molar-refractivity contribution in [3.8, 4) is 11.1 Å². The molecule has 0 aromatic heterocycles. The summed E-state index contributed by atoms with van der Waals surface area (Å²) in [6, 6.07) is 20.5. The van der Waals surface area contributed by atoms with Gasteiger partial charge in [0, 0.05) is 0 Å². The third kappa shape index (κ3) is 6.02. The zero-order chi connectivity index (χ0) is 15.4. The van der Waals surface area contributed by atoms with Crippen LogP contribution in [0.4, 0.5) is 0 Å². The molecule has 0 fully saturated rings. The molecule has 0 aliphatic heterocycles. The maximum atomic E-state index is 2.37. The molecule has 0 aliphatic rings. The second kappa shape index (κ2) is 12.0. The molecule has 25 heavy (non-hydrogen) atoms. The van der Waals surface area contributed by atoms with Gasteiger partial charge in [-0.25, -0.2) is 0 Å². The molecule has 3 aromatic carbocycles. The quantitative estimate of drug-likeness (QED) is 0.480. The van der Waals surface area contributed by atoms with E-state index in [1.165, 1.54) is 65.1 Å². The molecule has 3 heteroatoms. The Balaban J connectivity index is 0.00000192. The van der Waals surface area contributed by atoms with Gasteiger partial charge in [0.05, 0.1) is 0 Å². The molecule has 0 unspecified atom stereocenters. The predicted molar refractivity (Wildman–Crippen MR) is 97.6 cm³/mol. The van der Waals surface area contributed by atoms with Gasteiger partial charge in [-0.1, -0.05) is 62.6 Å². The minimum Gasteiger partial charge on any atom is -1.00 e. The van der Waals surface area contributed by atoms with Gasteiger partial charge >= 0.3 is 26.2 Å². The summed E-state index contributed by atoms with van der Waals surface area (Å²) in [5, 5.41) is 2.77. The van der Waals surface area contributed by atoms with Crippen LogP contribution in [0.3, 0.4) is 0 Å². The van der Waals surface area contributed by atoms with Crippen LogP contribution >= 0.6 is 0 Å². The Bertz CT molecular complexity index is 744. The largest absolute Gasteiger partial charge is 3.00 e. The summed E-state index contributed by atoms with van der Waals surface area (Å²) in [4.78, 5) is 0. The fraction of sp³-hybridized carbons (Fsp3) is 0.318. The summed E-state index contributed by atoms with van der Waals surface area (Å²) >= 11 is 0. The van der Waals surface area contributed by atoms with Crippen molar-refractivity contribution in [2.24, 2.45) is 0 Å². The van der Waals surface area contributed by atoms with Crippen LogP contribution in [0.2, 0.25) is 0 Å². The molecule has 0 atom stereocenters. The molecule has 0 spiro atoms. The van der Waals surface area contributed by atoms with Crippen molar-refractivity contribution >= 4 is 10.8 Å². The minimum absolute atomic E-state index is 0. The molecule has 0 saturated heterocycles. The molecule has 3 rings (SSSR count). The first kappa shape index (κ1) is 24.5. The van der Waals surface area contributed by atoms with Gasteiger partial charge in [-0.2, -0.15) is 6.07 Å². The Hall–Kier alpha value is -0.487. The van der Waals surface area contributed by atoms with Gasteiger partial charge in [0.15, 0.2) is 0 Å². The number of benzene rings is 2. The molecular formula is C22H25Cl2Zr. The predicted octanol–water partition coefficient (Wildman–Crippen LogP) is 0.526. The van der Waals surface area contributed by atoms with Crippen molar-refractivity contribution < 1.29 is 51.0 Å². The molecule has 0 N–H and O–H groups in total. The SMILES string of the molecule is CCCCc1ccc(-c2cccc3[cH-]c(CCC)cc23)cc1.[Cl-].[Cl-].[Zr+3]. The smallest absolute Gasteiger partial charge is 1.00 e. The summed E-state index contributed by atoms with van der Waals surface area (Å²) in [6.07, 6.45) is 6.10. The van der Waals surface area contributed by atoms with Crippen molar-refractivity contribution in [3.63, 3.8) is 0 Å². The van der Waals surface area contributed by atoms with E-state index < -0.39 is 0 Å². The Morgan fingerprint density at radius 2 is 1.56 bits per heavy atom. The van der Waals surface area contributed by atoms with Crippen LogP contribution in [0, 0.1) is 0 Å². The number of halogens is 2. The molecule has 1 radical (unpaired) electrons. The standard InChI is InChI=1S/C22H25.2ClH.Zr/c1-3-5-8-17-11-13-19(14-12-17)21-10-6-9-20-15-18(7-4-2)16-22(20)21;;;/h6,9-16H,3-5,7-8H2,1-2H3;2*1H;/q-1;;;+3/p-2. The Morgan fingerprint density at radius 3 is 2.20 bits per heavy atom. The summed E-state index contributed by atoms with van der Waals surface area (Å²) in [6.45, 7) is 4.49. The van der Waals surface area contributed by atoms with E-state index >= 15 is 0 Å². The first-order valence-electron chi connectivity index (χ1n) is 8.59. The summed E-state index contributed by atoms with van der Waals surface area (Å²) in [7, 11) is 0. The number of fused-ring (bicyclic) bond motifs is 1. The van der Waals surface area contributed by atoms with Crippen LogP contribution < -0.4 is 24.8 Å². The van der Waals surface area contributed by atoms with E-state index in [1.54, 1.807) is 0 Å². The Morgan fingerprint density at radius 1 is 0.840 bits per heavy atom. The van der Waals surface area contributed by atoms with E-state index in [1.807, 2.05) is 0 Å². The Labute approximate surface area is 183 Å². The fourth-order valence-corrected chi connectivity index (χ4v) is 3.21. The molecule has 0 amide bonds. The monoisotopic (exact) mass is 449 g/mol. The van der Waals surface area contributed by atoms with Gasteiger partial charge in [-0.3, -0.25) is 0 Å². The van der Waals surface area contributed by atoms with Crippen molar-refractivity contribution in [1.29, 1.82) is 0 Å². The Kier molecular flexibility index (Phi) is 11.8. The van der Waals surface area contributed by atoms with E-state index in [2.05, 4.69) is 68.4 Å². The van der Waals surface area contributed by atoms with E-state index in [0.29, 0.717) is 0 Å². The zero-order valence-corrected chi connectivity index (χ0v) is 19.0. The molecule has 0 nitrogen and oxygen atoms in total. The molecule has 0 saturated carbocycles. The molecule has 0 heterocycles. The third-order valence-electron chi connectivity index (χ3n) is 4.43. The second-order valence-corrected chi connectivity index (χ2v) is 6.22. The van der Waals surface area contributed by atoms with Gasteiger partial charge in [-0.15, -0.1) is 34.5 Å². The van der Waals surface area contributed by atoms with Gasteiger partial charge < -0.3 is 24.8 Å². The van der Waals surface area contributed by atoms with E-state index in [4.69, 9.17) is 0 Å². The minimum atomic E-state index is 0. The van der Waals surface area contributed by atoms with Gasteiger partial charge in [0.2, 0.25) is 0 Å². The maximum Gasteiger partial charge on any atom is 3.00 e. The zero-order valence-electron chi connectivity index (χ0n) is 15.0. The van der Waals surface area contributed by atoms with Crippen LogP contribution in [0.1, 0.15) is 44.2 Å². The van der Waals surface area contributed by atoms with Gasteiger partial charge in [-0.05, 0) is 30.4 Å². The van der Waals surface area contributed by atoms with Crippen LogP contribution in [-0.2, 0) is 39.0 Å². The molecular weight excluding hydrogens is 426 g/mol. The molecule has 3 aromatic rings. The number of aryl methyl sites for hydroxylation is 2. The fourth-order valence-electron chi connectivity index (χ4n) is 3.21. The summed E-state index contributed by atoms with van der Waals surface area (Å²) in [5.41, 5.74) is 5.61. The van der Waals surface area contributed by atoms with Crippen LogP contribution in [0.5, 0.6) is 0 Å². The van der Waals surface area contributed by atoms with Crippen molar-refractivity contribution in [3.05, 3.63) is 65.7 Å². The van der Waals surface area contributed by atoms with Crippen LogP contribution in [0.15, 0.2) is 54.6 Å². The normalized spacial score (nSPS) is 9.84. The van der Waals surface area contributed by atoms with Crippen LogP contribution in [-0.4, -0.2) is 0 Å². The third-order valence-corrected chi connectivity index (χ3v) is 4.43. The molecule has 131 valence electrons. The first-order chi connectivity index (χ1) is 10.8. The number of rotatable bonds is 6. The van der Waals surface area contributed by atoms with Gasteiger partial charge in [0.25, 0.3) is 0 Å². The van der Waals surface area contributed by atoms with E-state index in [9.17, 15) is 0 Å². The maximum absolute atomic E-state index is 2.37. The average Bonchev–Trinajstić information content (AvgIpc) is 2.96.